The molecule has 0 saturated carbocycles. The van der Waals surface area contributed by atoms with Crippen molar-refractivity contribution in [1.29, 1.82) is 0 Å². The molecule has 14 rings (SSSR count). The van der Waals surface area contributed by atoms with Crippen molar-refractivity contribution >= 4 is 97.6 Å². The fraction of sp³-hybridized carbons (Fsp3) is 0. The van der Waals surface area contributed by atoms with Gasteiger partial charge in [-0.25, -0.2) is 15.0 Å². The molecule has 3 aromatic heterocycles. The summed E-state index contributed by atoms with van der Waals surface area (Å²) in [5, 5.41) is 16.0. The van der Waals surface area contributed by atoms with Crippen LogP contribution in [0.5, 0.6) is 0 Å². The maximum atomic E-state index is 6.97. The molecule has 0 N–H and O–H groups in total. The van der Waals surface area contributed by atoms with Gasteiger partial charge in [-0.05, 0) is 97.0 Å². The highest BCUT2D eigenvalue weighted by Gasteiger charge is 2.22. The number of aromatic nitrogens is 4. The minimum Gasteiger partial charge on any atom is -0.455 e. The smallest absolute Gasteiger partial charge is 0.164 e. The second-order valence-electron chi connectivity index (χ2n) is 16.8. The summed E-state index contributed by atoms with van der Waals surface area (Å²) >= 11 is 0. The highest BCUT2D eigenvalue weighted by molar-refractivity contribution is 6.20. The predicted octanol–water partition coefficient (Wildman–Crippen LogP) is 15.6. The van der Waals surface area contributed by atoms with E-state index >= 15 is 0 Å². The van der Waals surface area contributed by atoms with Gasteiger partial charge >= 0.3 is 0 Å². The maximum Gasteiger partial charge on any atom is 0.164 e. The first-order chi connectivity index (χ1) is 31.7. The fourth-order valence-corrected chi connectivity index (χ4v) is 10.1. The van der Waals surface area contributed by atoms with E-state index in [1.165, 1.54) is 37.7 Å². The van der Waals surface area contributed by atoms with Gasteiger partial charge in [0.05, 0.1) is 11.0 Å². The van der Waals surface area contributed by atoms with Gasteiger partial charge in [0.1, 0.15) is 11.2 Å². The molecule has 3 heterocycles. The minimum atomic E-state index is 0.606. The number of hydrogen-bond donors (Lipinski definition) is 0. The third-order valence-corrected chi connectivity index (χ3v) is 13.1. The SMILES string of the molecule is c1ccc(-c2nc(-c3cc4ccccc4c4ccccc34)nc(-c3cc4c5ccc(-n6c7cc8ccccc8cc7c7cc8ccccc8cc76)cc5oc4c4ccccc34)n2)cc1. The first-order valence-electron chi connectivity index (χ1n) is 21.7. The molecule has 0 unspecified atom stereocenters. The lowest BCUT2D eigenvalue weighted by Gasteiger charge is -2.13. The lowest BCUT2D eigenvalue weighted by Crippen LogP contribution is -2.01. The van der Waals surface area contributed by atoms with Crippen LogP contribution in [0.2, 0.25) is 0 Å². The molecule has 11 aromatic carbocycles. The van der Waals surface area contributed by atoms with E-state index in [1.54, 1.807) is 0 Å². The molecule has 64 heavy (non-hydrogen) atoms. The van der Waals surface area contributed by atoms with Crippen molar-refractivity contribution in [3.05, 3.63) is 206 Å². The van der Waals surface area contributed by atoms with Gasteiger partial charge in [0, 0.05) is 55.4 Å². The zero-order valence-corrected chi connectivity index (χ0v) is 34.3. The van der Waals surface area contributed by atoms with Crippen molar-refractivity contribution in [2.24, 2.45) is 0 Å². The lowest BCUT2D eigenvalue weighted by molar-refractivity contribution is 0.672. The van der Waals surface area contributed by atoms with Crippen molar-refractivity contribution in [2.45, 2.75) is 0 Å². The number of fused-ring (bicyclic) bond motifs is 13. The summed E-state index contributed by atoms with van der Waals surface area (Å²) in [6, 6.07) is 73.3. The van der Waals surface area contributed by atoms with E-state index in [1.807, 2.05) is 18.2 Å². The second-order valence-corrected chi connectivity index (χ2v) is 16.8. The first kappa shape index (κ1) is 35.0. The molecule has 0 aliphatic rings. The topological polar surface area (TPSA) is 56.7 Å². The zero-order chi connectivity index (χ0) is 41.9. The fourth-order valence-electron chi connectivity index (χ4n) is 10.1. The molecule has 0 saturated heterocycles. The normalized spacial score (nSPS) is 12.1. The van der Waals surface area contributed by atoms with E-state index in [0.29, 0.717) is 17.5 Å². The molecule has 0 aliphatic heterocycles. The summed E-state index contributed by atoms with van der Waals surface area (Å²) in [6.45, 7) is 0. The Morgan fingerprint density at radius 2 is 0.812 bits per heavy atom. The van der Waals surface area contributed by atoms with Gasteiger partial charge in [-0.2, -0.15) is 0 Å². The highest BCUT2D eigenvalue weighted by Crippen LogP contribution is 2.43. The Hall–Kier alpha value is -8.67. The van der Waals surface area contributed by atoms with Crippen LogP contribution in [0.1, 0.15) is 0 Å². The van der Waals surface area contributed by atoms with E-state index in [-0.39, 0.29) is 0 Å². The van der Waals surface area contributed by atoms with Crippen LogP contribution < -0.4 is 0 Å². The van der Waals surface area contributed by atoms with Gasteiger partial charge in [0.15, 0.2) is 17.5 Å². The number of furan rings is 1. The van der Waals surface area contributed by atoms with E-state index in [0.717, 1.165) is 82.3 Å². The van der Waals surface area contributed by atoms with Crippen molar-refractivity contribution in [2.75, 3.05) is 0 Å². The molecule has 0 fully saturated rings. The van der Waals surface area contributed by atoms with Crippen molar-refractivity contribution in [1.82, 2.24) is 19.5 Å². The molecule has 0 aliphatic carbocycles. The van der Waals surface area contributed by atoms with Gasteiger partial charge in [-0.3, -0.25) is 0 Å². The molecule has 5 nitrogen and oxygen atoms in total. The van der Waals surface area contributed by atoms with Crippen molar-refractivity contribution < 1.29 is 4.42 Å². The molecule has 5 heteroatoms. The summed E-state index contributed by atoms with van der Waals surface area (Å²) in [5.74, 6) is 1.86. The van der Waals surface area contributed by atoms with Crippen molar-refractivity contribution in [3.8, 4) is 39.9 Å². The van der Waals surface area contributed by atoms with Crippen LogP contribution in [0, 0.1) is 0 Å². The summed E-state index contributed by atoms with van der Waals surface area (Å²) in [5.41, 5.74) is 7.82. The van der Waals surface area contributed by atoms with Crippen LogP contribution in [0.3, 0.4) is 0 Å². The first-order valence-corrected chi connectivity index (χ1v) is 21.7. The highest BCUT2D eigenvalue weighted by atomic mass is 16.3. The summed E-state index contributed by atoms with van der Waals surface area (Å²) < 4.78 is 9.37. The van der Waals surface area contributed by atoms with Crippen LogP contribution in [-0.2, 0) is 0 Å². The number of nitrogens with zero attached hydrogens (tertiary/aromatic N) is 4. The standard InChI is InChI=1S/C59H34N4O/c1-2-14-35(15-3-1)57-60-58(51-30-40-20-8-9-21-42(40)43-22-10-11-23-44(43)51)62-59(61-57)52-34-50-46-27-26-41(33-55(46)64-56(50)47-25-13-12-24-45(47)52)63-53-31-38-18-6-4-16-36(38)28-48(53)49-29-37-17-5-7-19-39(37)32-54(49)63/h1-34H. The zero-order valence-electron chi connectivity index (χ0n) is 34.3. The molecule has 14 aromatic rings. The third-order valence-electron chi connectivity index (χ3n) is 13.1. The average Bonchev–Trinajstić information content (AvgIpc) is 3.88. The van der Waals surface area contributed by atoms with Crippen LogP contribution in [0.4, 0.5) is 0 Å². The van der Waals surface area contributed by atoms with Gasteiger partial charge in [-0.1, -0.05) is 152 Å². The van der Waals surface area contributed by atoms with Crippen LogP contribution >= 0.6 is 0 Å². The van der Waals surface area contributed by atoms with E-state index in [2.05, 4.69) is 193 Å². The van der Waals surface area contributed by atoms with Gasteiger partial charge < -0.3 is 8.98 Å². The summed E-state index contributed by atoms with van der Waals surface area (Å²) in [4.78, 5) is 15.8. The van der Waals surface area contributed by atoms with Crippen molar-refractivity contribution in [3.63, 3.8) is 0 Å². The lowest BCUT2D eigenvalue weighted by atomic mass is 9.96. The Kier molecular flexibility index (Phi) is 7.33. The third kappa shape index (κ3) is 5.22. The van der Waals surface area contributed by atoms with Crippen LogP contribution in [0.25, 0.3) is 137 Å². The van der Waals surface area contributed by atoms with E-state index in [9.17, 15) is 0 Å². The Morgan fingerprint density at radius 1 is 0.312 bits per heavy atom. The Morgan fingerprint density at radius 3 is 1.47 bits per heavy atom. The summed E-state index contributed by atoms with van der Waals surface area (Å²) in [6.07, 6.45) is 0. The van der Waals surface area contributed by atoms with Gasteiger partial charge in [-0.15, -0.1) is 0 Å². The maximum absolute atomic E-state index is 6.97. The Labute approximate surface area is 366 Å². The average molecular weight is 815 g/mol. The molecule has 0 atom stereocenters. The quantitative estimate of drug-likeness (QED) is 0.166. The number of hydrogen-bond acceptors (Lipinski definition) is 4. The summed E-state index contributed by atoms with van der Waals surface area (Å²) in [7, 11) is 0. The molecular weight excluding hydrogens is 781 g/mol. The minimum absolute atomic E-state index is 0.606. The molecule has 0 amide bonds. The van der Waals surface area contributed by atoms with E-state index < -0.39 is 0 Å². The Balaban J connectivity index is 1.01. The molecule has 0 radical (unpaired) electrons. The largest absolute Gasteiger partial charge is 0.455 e. The molecule has 0 bridgehead atoms. The number of rotatable bonds is 4. The van der Waals surface area contributed by atoms with E-state index in [4.69, 9.17) is 19.4 Å². The Bertz CT molecular complexity index is 4170. The van der Waals surface area contributed by atoms with Crippen LogP contribution in [-0.4, -0.2) is 19.5 Å². The van der Waals surface area contributed by atoms with Gasteiger partial charge in [0.2, 0.25) is 0 Å². The molecule has 296 valence electrons. The molecular formula is C59H34N4O. The molecule has 0 spiro atoms. The second kappa shape index (κ2) is 13.4. The van der Waals surface area contributed by atoms with Gasteiger partial charge in [0.25, 0.3) is 0 Å². The predicted molar refractivity (Wildman–Crippen MR) is 265 cm³/mol. The van der Waals surface area contributed by atoms with Crippen LogP contribution in [0.15, 0.2) is 211 Å². The number of benzene rings is 11. The monoisotopic (exact) mass is 814 g/mol.